The van der Waals surface area contributed by atoms with Gasteiger partial charge < -0.3 is 5.11 Å². The highest BCUT2D eigenvalue weighted by molar-refractivity contribution is 7.89. The number of sulfonamides is 1. The summed E-state index contributed by atoms with van der Waals surface area (Å²) in [5.41, 5.74) is 1.91. The third kappa shape index (κ3) is 2.79. The maximum absolute atomic E-state index is 12.5. The van der Waals surface area contributed by atoms with E-state index in [1.807, 2.05) is 5.43 Å². The van der Waals surface area contributed by atoms with Crippen LogP contribution in [0.15, 0.2) is 29.2 Å². The van der Waals surface area contributed by atoms with Gasteiger partial charge in [0.15, 0.2) is 0 Å². The molecule has 9 heteroatoms. The van der Waals surface area contributed by atoms with E-state index in [0.717, 1.165) is 4.31 Å². The predicted molar refractivity (Wildman–Crippen MR) is 72.1 cm³/mol. The van der Waals surface area contributed by atoms with Gasteiger partial charge in [-0.05, 0) is 24.3 Å². The Kier molecular flexibility index (Phi) is 4.31. The number of aliphatic hydroxyl groups excluding tert-OH is 1. The standard InChI is InChI=1S/C11H14ClN3O4S/c12-7-1-3-9(4-2-7)20(18,19)15-6-8(16)5-10(15)11(17)14-13/h1-4,8,10,16H,5-6,13H2,(H,14,17)/t8-,10+/m1/s1. The van der Waals surface area contributed by atoms with Crippen LogP contribution in [0.3, 0.4) is 0 Å². The Morgan fingerprint density at radius 3 is 2.55 bits per heavy atom. The molecule has 4 N–H and O–H groups in total. The molecule has 0 radical (unpaired) electrons. The van der Waals surface area contributed by atoms with Gasteiger partial charge in [0.1, 0.15) is 6.04 Å². The van der Waals surface area contributed by atoms with E-state index in [1.165, 1.54) is 24.3 Å². The van der Waals surface area contributed by atoms with E-state index in [0.29, 0.717) is 5.02 Å². The molecular weight excluding hydrogens is 306 g/mol. The SMILES string of the molecule is NNC(=O)[C@@H]1C[C@@H](O)CN1S(=O)(=O)c1ccc(Cl)cc1. The van der Waals surface area contributed by atoms with Crippen molar-refractivity contribution < 1.29 is 18.3 Å². The largest absolute Gasteiger partial charge is 0.392 e. The summed E-state index contributed by atoms with van der Waals surface area (Å²) < 4.78 is 25.9. The fraction of sp³-hybridized carbons (Fsp3) is 0.364. The van der Waals surface area contributed by atoms with Crippen LogP contribution >= 0.6 is 11.6 Å². The van der Waals surface area contributed by atoms with Crippen LogP contribution in [-0.4, -0.2) is 42.4 Å². The summed E-state index contributed by atoms with van der Waals surface area (Å²) in [4.78, 5) is 11.6. The van der Waals surface area contributed by atoms with Gasteiger partial charge in [-0.25, -0.2) is 14.3 Å². The van der Waals surface area contributed by atoms with Crippen molar-refractivity contribution >= 4 is 27.5 Å². The number of rotatable bonds is 3. The number of nitrogens with one attached hydrogen (secondary N) is 1. The molecule has 7 nitrogen and oxygen atoms in total. The molecule has 20 heavy (non-hydrogen) atoms. The Balaban J connectivity index is 2.37. The third-order valence-electron chi connectivity index (χ3n) is 3.10. The summed E-state index contributed by atoms with van der Waals surface area (Å²) in [6.07, 6.45) is -0.894. The van der Waals surface area contributed by atoms with E-state index >= 15 is 0 Å². The number of halogens is 1. The van der Waals surface area contributed by atoms with Crippen molar-refractivity contribution in [1.82, 2.24) is 9.73 Å². The summed E-state index contributed by atoms with van der Waals surface area (Å²) in [6, 6.07) is 4.56. The Labute approximate surface area is 121 Å². The molecule has 1 aromatic rings. The molecule has 2 rings (SSSR count). The topological polar surface area (TPSA) is 113 Å². The number of β-amino-alcohol motifs (C(OH)–C–C–N with tert-alkyl or cyclic N) is 1. The summed E-state index contributed by atoms with van der Waals surface area (Å²) in [5.74, 6) is 4.39. The fourth-order valence-electron chi connectivity index (χ4n) is 2.13. The van der Waals surface area contributed by atoms with Crippen LogP contribution in [0.4, 0.5) is 0 Å². The second kappa shape index (κ2) is 5.66. The molecule has 0 aromatic heterocycles. The number of nitrogens with zero attached hydrogens (tertiary/aromatic N) is 1. The van der Waals surface area contributed by atoms with Crippen molar-refractivity contribution in [3.05, 3.63) is 29.3 Å². The molecule has 110 valence electrons. The zero-order valence-electron chi connectivity index (χ0n) is 10.4. The number of nitrogens with two attached hydrogens (primary N) is 1. The van der Waals surface area contributed by atoms with E-state index in [1.54, 1.807) is 0 Å². The minimum absolute atomic E-state index is 0.00539. The molecule has 1 aliphatic rings. The van der Waals surface area contributed by atoms with Gasteiger partial charge >= 0.3 is 0 Å². The molecule has 0 aliphatic carbocycles. The second-order valence-electron chi connectivity index (χ2n) is 4.44. The zero-order valence-corrected chi connectivity index (χ0v) is 11.9. The lowest BCUT2D eigenvalue weighted by molar-refractivity contribution is -0.124. The highest BCUT2D eigenvalue weighted by Gasteiger charge is 2.43. The van der Waals surface area contributed by atoms with E-state index in [4.69, 9.17) is 17.4 Å². The summed E-state index contributed by atoms with van der Waals surface area (Å²) in [6.45, 7) is -0.150. The highest BCUT2D eigenvalue weighted by Crippen LogP contribution is 2.27. The van der Waals surface area contributed by atoms with Crippen LogP contribution in [0.1, 0.15) is 6.42 Å². The van der Waals surface area contributed by atoms with Gasteiger partial charge in [0.05, 0.1) is 11.0 Å². The fourth-order valence-corrected chi connectivity index (χ4v) is 3.89. The van der Waals surface area contributed by atoms with Crippen molar-refractivity contribution in [2.45, 2.75) is 23.5 Å². The maximum Gasteiger partial charge on any atom is 0.252 e. The molecule has 1 aliphatic heterocycles. The van der Waals surface area contributed by atoms with E-state index in [9.17, 15) is 18.3 Å². The summed E-state index contributed by atoms with van der Waals surface area (Å²) >= 11 is 5.72. The van der Waals surface area contributed by atoms with Crippen molar-refractivity contribution in [3.8, 4) is 0 Å². The van der Waals surface area contributed by atoms with Gasteiger partial charge in [-0.3, -0.25) is 10.2 Å². The molecular formula is C11H14ClN3O4S. The minimum Gasteiger partial charge on any atom is -0.392 e. The number of amides is 1. The lowest BCUT2D eigenvalue weighted by Crippen LogP contribution is -2.47. The van der Waals surface area contributed by atoms with Crippen molar-refractivity contribution in [1.29, 1.82) is 0 Å². The molecule has 1 amide bonds. The van der Waals surface area contributed by atoms with Gasteiger partial charge in [0.25, 0.3) is 5.91 Å². The first-order valence-electron chi connectivity index (χ1n) is 5.82. The molecule has 0 bridgehead atoms. The van der Waals surface area contributed by atoms with Crippen LogP contribution in [0.25, 0.3) is 0 Å². The van der Waals surface area contributed by atoms with Gasteiger partial charge in [0, 0.05) is 18.0 Å². The van der Waals surface area contributed by atoms with Crippen LogP contribution in [0, 0.1) is 0 Å². The molecule has 0 saturated carbocycles. The molecule has 1 saturated heterocycles. The number of aliphatic hydroxyl groups is 1. The number of hydrogen-bond acceptors (Lipinski definition) is 5. The Morgan fingerprint density at radius 1 is 1.40 bits per heavy atom. The number of hydrazine groups is 1. The van der Waals surface area contributed by atoms with E-state index in [2.05, 4.69) is 0 Å². The highest BCUT2D eigenvalue weighted by atomic mass is 35.5. The van der Waals surface area contributed by atoms with Crippen molar-refractivity contribution in [3.63, 3.8) is 0 Å². The Hall–Kier alpha value is -1.19. The number of benzene rings is 1. The molecule has 0 spiro atoms. The lowest BCUT2D eigenvalue weighted by Gasteiger charge is -2.22. The number of carbonyl (C=O) groups excluding carboxylic acids is 1. The molecule has 0 unspecified atom stereocenters. The van der Waals surface area contributed by atoms with E-state index < -0.39 is 28.1 Å². The van der Waals surface area contributed by atoms with Crippen molar-refractivity contribution in [2.24, 2.45) is 5.84 Å². The first kappa shape index (κ1) is 15.2. The average molecular weight is 320 g/mol. The summed E-state index contributed by atoms with van der Waals surface area (Å²) in [5, 5.41) is 10.0. The van der Waals surface area contributed by atoms with Gasteiger partial charge in [0.2, 0.25) is 10.0 Å². The molecule has 1 heterocycles. The van der Waals surface area contributed by atoms with Crippen LogP contribution < -0.4 is 11.3 Å². The lowest BCUT2D eigenvalue weighted by atomic mass is 10.2. The molecule has 1 fully saturated rings. The van der Waals surface area contributed by atoms with Gasteiger partial charge in [-0.15, -0.1) is 0 Å². The van der Waals surface area contributed by atoms with Crippen LogP contribution in [-0.2, 0) is 14.8 Å². The number of hydrogen-bond donors (Lipinski definition) is 3. The third-order valence-corrected chi connectivity index (χ3v) is 5.24. The smallest absolute Gasteiger partial charge is 0.252 e. The van der Waals surface area contributed by atoms with Crippen LogP contribution in [0.5, 0.6) is 0 Å². The normalized spacial score (nSPS) is 23.8. The van der Waals surface area contributed by atoms with E-state index in [-0.39, 0.29) is 17.9 Å². The monoisotopic (exact) mass is 319 g/mol. The van der Waals surface area contributed by atoms with Gasteiger partial charge in [-0.2, -0.15) is 4.31 Å². The maximum atomic E-state index is 12.5. The quantitative estimate of drug-likeness (QED) is 0.393. The molecule has 2 atom stereocenters. The predicted octanol–water partition coefficient (Wildman–Crippen LogP) is -0.546. The first-order chi connectivity index (χ1) is 9.36. The van der Waals surface area contributed by atoms with Crippen molar-refractivity contribution in [2.75, 3.05) is 6.54 Å². The first-order valence-corrected chi connectivity index (χ1v) is 7.64. The average Bonchev–Trinajstić information content (AvgIpc) is 2.81. The minimum atomic E-state index is -3.89. The second-order valence-corrected chi connectivity index (χ2v) is 6.77. The Morgan fingerprint density at radius 2 is 2.00 bits per heavy atom. The number of carbonyl (C=O) groups is 1. The summed E-state index contributed by atoms with van der Waals surface area (Å²) in [7, 11) is -3.89. The molecule has 1 aromatic carbocycles. The van der Waals surface area contributed by atoms with Gasteiger partial charge in [-0.1, -0.05) is 11.6 Å². The Bertz CT molecular complexity index is 605. The van der Waals surface area contributed by atoms with Crippen LogP contribution in [0.2, 0.25) is 5.02 Å². The zero-order chi connectivity index (χ0) is 14.9.